The van der Waals surface area contributed by atoms with Crippen molar-refractivity contribution in [2.24, 2.45) is 17.8 Å². The Labute approximate surface area is 162 Å². The lowest BCUT2D eigenvalue weighted by molar-refractivity contribution is -0.119. The molecule has 0 aromatic heterocycles. The largest absolute Gasteiger partial charge is 0.353 e. The minimum Gasteiger partial charge on any atom is -0.353 e. The van der Waals surface area contributed by atoms with Crippen LogP contribution in [-0.2, 0) is 9.59 Å². The molecule has 2 bridgehead atoms. The van der Waals surface area contributed by atoms with Gasteiger partial charge in [0.1, 0.15) is 0 Å². The van der Waals surface area contributed by atoms with Crippen LogP contribution in [0.1, 0.15) is 32.6 Å². The second-order valence-corrected chi connectivity index (χ2v) is 9.15. The minimum atomic E-state index is -0.0861. The van der Waals surface area contributed by atoms with E-state index in [0.29, 0.717) is 11.7 Å². The van der Waals surface area contributed by atoms with Crippen LogP contribution in [0.3, 0.4) is 0 Å². The van der Waals surface area contributed by atoms with Gasteiger partial charge in [-0.2, -0.15) is 0 Å². The Morgan fingerprint density at radius 1 is 1.24 bits per heavy atom. The summed E-state index contributed by atoms with van der Waals surface area (Å²) in [5.74, 6) is 2.91. The fourth-order valence-electron chi connectivity index (χ4n) is 4.31. The lowest BCUT2D eigenvalue weighted by Gasteiger charge is -2.28. The molecular formula is C19H25BrN2O2S. The summed E-state index contributed by atoms with van der Waals surface area (Å²) in [6.45, 7) is 2.13. The lowest BCUT2D eigenvalue weighted by atomic mass is 9.84. The van der Waals surface area contributed by atoms with E-state index >= 15 is 0 Å². The molecule has 1 aromatic carbocycles. The second kappa shape index (κ2) is 8.58. The zero-order valence-electron chi connectivity index (χ0n) is 14.5. The van der Waals surface area contributed by atoms with E-state index in [-0.39, 0.29) is 23.6 Å². The van der Waals surface area contributed by atoms with Gasteiger partial charge in [0.25, 0.3) is 0 Å². The van der Waals surface area contributed by atoms with Crippen LogP contribution in [0.15, 0.2) is 28.7 Å². The average Bonchev–Trinajstić information content (AvgIpc) is 3.17. The van der Waals surface area contributed by atoms with Crippen molar-refractivity contribution in [2.75, 3.05) is 16.8 Å². The zero-order chi connectivity index (χ0) is 17.8. The molecule has 2 aliphatic rings. The van der Waals surface area contributed by atoms with Crippen molar-refractivity contribution in [3.05, 3.63) is 28.7 Å². The lowest BCUT2D eigenvalue weighted by Crippen LogP contribution is -2.41. The second-order valence-electron chi connectivity index (χ2n) is 7.25. The molecule has 136 valence electrons. The summed E-state index contributed by atoms with van der Waals surface area (Å²) in [7, 11) is 0. The molecule has 6 heteroatoms. The van der Waals surface area contributed by atoms with Gasteiger partial charge in [0.2, 0.25) is 11.8 Å². The molecular weight excluding hydrogens is 400 g/mol. The summed E-state index contributed by atoms with van der Waals surface area (Å²) >= 11 is 4.73. The molecule has 3 rings (SSSR count). The SMILES string of the molecule is CC(NC(=O)CSCC(=O)Nc1cccc(Br)c1)C1CC2CCC1C2. The molecule has 4 atom stereocenters. The number of amides is 2. The van der Waals surface area contributed by atoms with Gasteiger partial charge in [-0.25, -0.2) is 0 Å². The highest BCUT2D eigenvalue weighted by Gasteiger charge is 2.42. The fraction of sp³-hybridized carbons (Fsp3) is 0.579. The summed E-state index contributed by atoms with van der Waals surface area (Å²) in [5.41, 5.74) is 0.759. The van der Waals surface area contributed by atoms with Crippen LogP contribution in [0.4, 0.5) is 5.69 Å². The van der Waals surface area contributed by atoms with Gasteiger partial charge < -0.3 is 10.6 Å². The smallest absolute Gasteiger partial charge is 0.234 e. The summed E-state index contributed by atoms with van der Waals surface area (Å²) < 4.78 is 0.923. The van der Waals surface area contributed by atoms with E-state index in [2.05, 4.69) is 33.5 Å². The van der Waals surface area contributed by atoms with E-state index < -0.39 is 0 Å². The first-order chi connectivity index (χ1) is 12.0. The standard InChI is InChI=1S/C19H25BrN2O2S/c1-12(17-8-13-5-6-14(17)7-13)21-18(23)10-25-11-19(24)22-16-4-2-3-15(20)9-16/h2-4,9,12-14,17H,5-8,10-11H2,1H3,(H,21,23)(H,22,24). The quantitative estimate of drug-likeness (QED) is 0.693. The molecule has 2 fully saturated rings. The number of hydrogen-bond donors (Lipinski definition) is 2. The number of rotatable bonds is 7. The van der Waals surface area contributed by atoms with Crippen LogP contribution in [-0.4, -0.2) is 29.4 Å². The predicted molar refractivity (Wildman–Crippen MR) is 107 cm³/mol. The molecule has 2 amide bonds. The number of carbonyl (C=O) groups is 2. The molecule has 0 radical (unpaired) electrons. The van der Waals surface area contributed by atoms with Crippen molar-refractivity contribution in [3.63, 3.8) is 0 Å². The van der Waals surface area contributed by atoms with E-state index in [9.17, 15) is 9.59 Å². The molecule has 0 spiro atoms. The number of nitrogens with one attached hydrogen (secondary N) is 2. The van der Waals surface area contributed by atoms with Crippen LogP contribution in [0, 0.1) is 17.8 Å². The van der Waals surface area contributed by atoms with Gasteiger partial charge in [0, 0.05) is 16.2 Å². The first kappa shape index (κ1) is 18.8. The van der Waals surface area contributed by atoms with Gasteiger partial charge >= 0.3 is 0 Å². The number of thioether (sulfide) groups is 1. The molecule has 2 saturated carbocycles. The van der Waals surface area contributed by atoms with Gasteiger partial charge in [-0.05, 0) is 62.1 Å². The molecule has 0 saturated heterocycles. The number of hydrogen-bond acceptors (Lipinski definition) is 3. The molecule has 1 aromatic rings. The number of benzene rings is 1. The van der Waals surface area contributed by atoms with E-state index in [1.54, 1.807) is 0 Å². The van der Waals surface area contributed by atoms with Crippen LogP contribution in [0.25, 0.3) is 0 Å². The van der Waals surface area contributed by atoms with Gasteiger partial charge in [-0.1, -0.05) is 28.4 Å². The maximum Gasteiger partial charge on any atom is 0.234 e. The zero-order valence-corrected chi connectivity index (χ0v) is 16.9. The van der Waals surface area contributed by atoms with Crippen molar-refractivity contribution in [1.82, 2.24) is 5.32 Å². The highest BCUT2D eigenvalue weighted by atomic mass is 79.9. The molecule has 4 unspecified atom stereocenters. The van der Waals surface area contributed by atoms with Crippen molar-refractivity contribution in [3.8, 4) is 0 Å². The summed E-state index contributed by atoms with van der Waals surface area (Å²) in [4.78, 5) is 24.1. The highest BCUT2D eigenvalue weighted by molar-refractivity contribution is 9.10. The first-order valence-corrected chi connectivity index (χ1v) is 10.9. The van der Waals surface area contributed by atoms with Crippen molar-refractivity contribution in [2.45, 2.75) is 38.6 Å². The van der Waals surface area contributed by atoms with Gasteiger partial charge in [0.15, 0.2) is 0 Å². The molecule has 25 heavy (non-hydrogen) atoms. The Balaban J connectivity index is 1.34. The van der Waals surface area contributed by atoms with E-state index in [1.165, 1.54) is 37.4 Å². The third kappa shape index (κ3) is 5.23. The fourth-order valence-corrected chi connectivity index (χ4v) is 5.34. The highest BCUT2D eigenvalue weighted by Crippen LogP contribution is 2.49. The summed E-state index contributed by atoms with van der Waals surface area (Å²) in [6.07, 6.45) is 5.34. The third-order valence-corrected chi connectivity index (χ3v) is 6.82. The third-order valence-electron chi connectivity index (χ3n) is 5.40. The average molecular weight is 425 g/mol. The maximum absolute atomic E-state index is 12.1. The number of fused-ring (bicyclic) bond motifs is 2. The topological polar surface area (TPSA) is 58.2 Å². The minimum absolute atomic E-state index is 0.0375. The Hall–Kier alpha value is -1.01. The molecule has 2 N–H and O–H groups in total. The molecule has 0 heterocycles. The maximum atomic E-state index is 12.1. The van der Waals surface area contributed by atoms with Crippen LogP contribution in [0.2, 0.25) is 0 Å². The molecule has 2 aliphatic carbocycles. The Morgan fingerprint density at radius 3 is 2.72 bits per heavy atom. The Morgan fingerprint density at radius 2 is 2.04 bits per heavy atom. The van der Waals surface area contributed by atoms with Crippen molar-refractivity contribution in [1.29, 1.82) is 0 Å². The number of anilines is 1. The van der Waals surface area contributed by atoms with Gasteiger partial charge in [0.05, 0.1) is 11.5 Å². The molecule has 0 aliphatic heterocycles. The van der Waals surface area contributed by atoms with Crippen LogP contribution >= 0.6 is 27.7 Å². The van der Waals surface area contributed by atoms with Gasteiger partial charge in [-0.3, -0.25) is 9.59 Å². The van der Waals surface area contributed by atoms with E-state index in [4.69, 9.17) is 0 Å². The number of halogens is 1. The normalized spacial score (nSPS) is 25.6. The van der Waals surface area contributed by atoms with E-state index in [0.717, 1.165) is 22.0 Å². The predicted octanol–water partition coefficient (Wildman–Crippen LogP) is 4.06. The monoisotopic (exact) mass is 424 g/mol. The summed E-state index contributed by atoms with van der Waals surface area (Å²) in [5, 5.41) is 5.98. The number of carbonyl (C=O) groups excluding carboxylic acids is 2. The van der Waals surface area contributed by atoms with Crippen molar-refractivity contribution < 1.29 is 9.59 Å². The molecule has 4 nitrogen and oxygen atoms in total. The van der Waals surface area contributed by atoms with Gasteiger partial charge in [-0.15, -0.1) is 11.8 Å². The van der Waals surface area contributed by atoms with Crippen molar-refractivity contribution >= 4 is 45.2 Å². The van der Waals surface area contributed by atoms with E-state index in [1.807, 2.05) is 24.3 Å². The summed E-state index contributed by atoms with van der Waals surface area (Å²) in [6, 6.07) is 7.73. The van der Waals surface area contributed by atoms with Crippen LogP contribution in [0.5, 0.6) is 0 Å². The first-order valence-electron chi connectivity index (χ1n) is 8.94. The Kier molecular flexibility index (Phi) is 6.44. The Bertz CT molecular complexity index is 640. The van der Waals surface area contributed by atoms with Crippen LogP contribution < -0.4 is 10.6 Å².